The molecule has 38 heavy (non-hydrogen) atoms. The standard InChI is InChI=1S/C30H27N3O3S2/c1-20-17-25(36-3)13-14-26(20)28-22(19-33(31-28)23-7-5-4-6-8-23)18-27-29(34)32(30(37)38-27)16-15-21-9-11-24(35-2)12-10-21/h4-14,17-19H,15-16H2,1-3H3/b27-18-. The van der Waals surface area contributed by atoms with Gasteiger partial charge < -0.3 is 9.47 Å². The summed E-state index contributed by atoms with van der Waals surface area (Å²) in [5, 5.41) is 4.92. The fourth-order valence-electron chi connectivity index (χ4n) is 4.31. The van der Waals surface area contributed by atoms with Crippen molar-refractivity contribution in [3.8, 4) is 28.4 Å². The molecular weight excluding hydrogens is 514 g/mol. The van der Waals surface area contributed by atoms with Gasteiger partial charge in [0.1, 0.15) is 21.5 Å². The van der Waals surface area contributed by atoms with Gasteiger partial charge in [-0.3, -0.25) is 9.69 Å². The lowest BCUT2D eigenvalue weighted by Crippen LogP contribution is -2.30. The lowest BCUT2D eigenvalue weighted by molar-refractivity contribution is -0.122. The number of aromatic nitrogens is 2. The van der Waals surface area contributed by atoms with Crippen molar-refractivity contribution in [3.05, 3.63) is 101 Å². The Hall–Kier alpha value is -3.88. The second-order valence-electron chi connectivity index (χ2n) is 8.83. The molecule has 1 aromatic heterocycles. The highest BCUT2D eigenvalue weighted by Crippen LogP contribution is 2.36. The lowest BCUT2D eigenvalue weighted by Gasteiger charge is -2.14. The number of hydrogen-bond acceptors (Lipinski definition) is 6. The minimum atomic E-state index is -0.0848. The van der Waals surface area contributed by atoms with Gasteiger partial charge in [0, 0.05) is 23.9 Å². The molecule has 3 aromatic carbocycles. The van der Waals surface area contributed by atoms with E-state index in [9.17, 15) is 4.79 Å². The first-order valence-electron chi connectivity index (χ1n) is 12.1. The van der Waals surface area contributed by atoms with Gasteiger partial charge in [0.25, 0.3) is 5.91 Å². The number of aryl methyl sites for hydroxylation is 1. The van der Waals surface area contributed by atoms with Gasteiger partial charge in [-0.1, -0.05) is 54.3 Å². The normalized spacial score (nSPS) is 14.4. The third-order valence-corrected chi connectivity index (χ3v) is 7.77. The molecule has 0 spiro atoms. The van der Waals surface area contributed by atoms with Crippen LogP contribution in [0.25, 0.3) is 23.0 Å². The second kappa shape index (κ2) is 11.2. The number of hydrogen-bond donors (Lipinski definition) is 0. The van der Waals surface area contributed by atoms with Crippen LogP contribution >= 0.6 is 24.0 Å². The minimum Gasteiger partial charge on any atom is -0.497 e. The van der Waals surface area contributed by atoms with E-state index in [4.69, 9.17) is 26.8 Å². The molecule has 2 heterocycles. The first-order chi connectivity index (χ1) is 18.5. The Morgan fingerprint density at radius 2 is 1.68 bits per heavy atom. The smallest absolute Gasteiger partial charge is 0.266 e. The molecule has 0 radical (unpaired) electrons. The van der Waals surface area contributed by atoms with Gasteiger partial charge in [-0.25, -0.2) is 4.68 Å². The molecule has 1 fully saturated rings. The zero-order valence-corrected chi connectivity index (χ0v) is 23.0. The third-order valence-electron chi connectivity index (χ3n) is 6.40. The highest BCUT2D eigenvalue weighted by Gasteiger charge is 2.32. The van der Waals surface area contributed by atoms with E-state index in [1.807, 2.05) is 96.7 Å². The van der Waals surface area contributed by atoms with Crippen LogP contribution in [0.1, 0.15) is 16.7 Å². The molecule has 5 rings (SSSR count). The summed E-state index contributed by atoms with van der Waals surface area (Å²) in [5.74, 6) is 1.51. The molecule has 1 aliphatic rings. The molecule has 1 aliphatic heterocycles. The van der Waals surface area contributed by atoms with Gasteiger partial charge >= 0.3 is 0 Å². The van der Waals surface area contributed by atoms with Crippen molar-refractivity contribution >= 4 is 40.3 Å². The molecule has 6 nitrogen and oxygen atoms in total. The summed E-state index contributed by atoms with van der Waals surface area (Å²) in [4.78, 5) is 15.7. The molecule has 1 saturated heterocycles. The molecule has 192 valence electrons. The Bertz CT molecular complexity index is 1510. The quantitative estimate of drug-likeness (QED) is 0.193. The molecular formula is C30H27N3O3S2. The zero-order valence-electron chi connectivity index (χ0n) is 21.4. The van der Waals surface area contributed by atoms with Crippen LogP contribution < -0.4 is 9.47 Å². The number of para-hydroxylation sites is 1. The van der Waals surface area contributed by atoms with Gasteiger partial charge in [-0.15, -0.1) is 0 Å². The monoisotopic (exact) mass is 541 g/mol. The van der Waals surface area contributed by atoms with Gasteiger partial charge in [0.15, 0.2) is 0 Å². The summed E-state index contributed by atoms with van der Waals surface area (Å²) >= 11 is 6.92. The molecule has 0 bridgehead atoms. The number of amides is 1. The Morgan fingerprint density at radius 1 is 0.974 bits per heavy atom. The second-order valence-corrected chi connectivity index (χ2v) is 10.5. The number of nitrogens with zero attached hydrogens (tertiary/aromatic N) is 3. The first kappa shape index (κ1) is 25.8. The Labute approximate surface area is 231 Å². The van der Waals surface area contributed by atoms with Crippen LogP contribution in [0.5, 0.6) is 11.5 Å². The fourth-order valence-corrected chi connectivity index (χ4v) is 5.61. The Kier molecular flexibility index (Phi) is 7.62. The summed E-state index contributed by atoms with van der Waals surface area (Å²) in [5.41, 5.74) is 5.69. The van der Waals surface area contributed by atoms with Crippen molar-refractivity contribution < 1.29 is 14.3 Å². The van der Waals surface area contributed by atoms with Crippen LogP contribution in [0, 0.1) is 6.92 Å². The highest BCUT2D eigenvalue weighted by molar-refractivity contribution is 8.26. The molecule has 0 atom stereocenters. The Morgan fingerprint density at radius 3 is 2.37 bits per heavy atom. The predicted molar refractivity (Wildman–Crippen MR) is 157 cm³/mol. The number of carbonyl (C=O) groups is 1. The molecule has 0 unspecified atom stereocenters. The number of methoxy groups -OCH3 is 2. The highest BCUT2D eigenvalue weighted by atomic mass is 32.2. The molecule has 8 heteroatoms. The van der Waals surface area contributed by atoms with E-state index in [-0.39, 0.29) is 5.91 Å². The Balaban J connectivity index is 1.46. The van der Waals surface area contributed by atoms with E-state index in [1.165, 1.54) is 11.8 Å². The maximum Gasteiger partial charge on any atom is 0.266 e. The molecule has 0 N–H and O–H groups in total. The number of thiocarbonyl (C=S) groups is 1. The third kappa shape index (κ3) is 5.37. The van der Waals surface area contributed by atoms with Gasteiger partial charge in [0.05, 0.1) is 24.8 Å². The van der Waals surface area contributed by atoms with Crippen molar-refractivity contribution in [2.24, 2.45) is 0 Å². The van der Waals surface area contributed by atoms with Crippen LogP contribution in [0.3, 0.4) is 0 Å². The van der Waals surface area contributed by atoms with E-state index >= 15 is 0 Å². The summed E-state index contributed by atoms with van der Waals surface area (Å²) in [6.45, 7) is 2.55. The lowest BCUT2D eigenvalue weighted by atomic mass is 10.0. The SMILES string of the molecule is COc1ccc(CCN2C(=O)/C(=C/c3cn(-c4ccccc4)nc3-c3ccc(OC)cc3C)SC2=S)cc1. The van der Waals surface area contributed by atoms with Crippen LogP contribution in [-0.2, 0) is 11.2 Å². The number of benzene rings is 3. The number of rotatable bonds is 8. The topological polar surface area (TPSA) is 56.6 Å². The minimum absolute atomic E-state index is 0.0848. The van der Waals surface area contributed by atoms with Crippen LogP contribution in [0.4, 0.5) is 0 Å². The van der Waals surface area contributed by atoms with Gasteiger partial charge in [-0.2, -0.15) is 5.10 Å². The van der Waals surface area contributed by atoms with E-state index in [2.05, 4.69) is 0 Å². The summed E-state index contributed by atoms with van der Waals surface area (Å²) < 4.78 is 13.0. The van der Waals surface area contributed by atoms with E-state index in [1.54, 1.807) is 19.1 Å². The van der Waals surface area contributed by atoms with E-state index < -0.39 is 0 Å². The predicted octanol–water partition coefficient (Wildman–Crippen LogP) is 6.31. The average Bonchev–Trinajstić information content (AvgIpc) is 3.48. The van der Waals surface area contributed by atoms with Crippen molar-refractivity contribution in [3.63, 3.8) is 0 Å². The summed E-state index contributed by atoms with van der Waals surface area (Å²) in [7, 11) is 3.30. The molecule has 1 amide bonds. The van der Waals surface area contributed by atoms with Gasteiger partial charge in [-0.05, 0) is 73.0 Å². The van der Waals surface area contributed by atoms with Crippen LogP contribution in [0.15, 0.2) is 83.9 Å². The van der Waals surface area contributed by atoms with Crippen LogP contribution in [0.2, 0.25) is 0 Å². The molecule has 0 aliphatic carbocycles. The van der Waals surface area contributed by atoms with E-state index in [0.717, 1.165) is 45.1 Å². The van der Waals surface area contributed by atoms with E-state index in [0.29, 0.717) is 22.2 Å². The van der Waals surface area contributed by atoms with Crippen molar-refractivity contribution in [1.29, 1.82) is 0 Å². The van der Waals surface area contributed by atoms with Crippen molar-refractivity contribution in [2.45, 2.75) is 13.3 Å². The summed E-state index contributed by atoms with van der Waals surface area (Å²) in [6.07, 6.45) is 4.56. The maximum atomic E-state index is 13.4. The number of carbonyl (C=O) groups excluding carboxylic acids is 1. The van der Waals surface area contributed by atoms with Crippen molar-refractivity contribution in [2.75, 3.05) is 20.8 Å². The number of thioether (sulfide) groups is 1. The zero-order chi connectivity index (χ0) is 26.6. The first-order valence-corrected chi connectivity index (χ1v) is 13.4. The maximum absolute atomic E-state index is 13.4. The van der Waals surface area contributed by atoms with Crippen molar-refractivity contribution in [1.82, 2.24) is 14.7 Å². The fraction of sp³-hybridized carbons (Fsp3) is 0.167. The molecule has 4 aromatic rings. The molecule has 0 saturated carbocycles. The van der Waals surface area contributed by atoms with Gasteiger partial charge in [0.2, 0.25) is 0 Å². The summed E-state index contributed by atoms with van der Waals surface area (Å²) in [6, 6.07) is 23.7. The largest absolute Gasteiger partial charge is 0.497 e. The average molecular weight is 542 g/mol. The van der Waals surface area contributed by atoms with Crippen LogP contribution in [-0.4, -0.2) is 45.7 Å². The number of ether oxygens (including phenoxy) is 2.